The first kappa shape index (κ1) is 38.3. The van der Waals surface area contributed by atoms with Crippen LogP contribution in [0, 0.1) is 13.8 Å². The molecule has 0 saturated heterocycles. The topological polar surface area (TPSA) is 185 Å². The lowest BCUT2D eigenvalue weighted by Crippen LogP contribution is -2.10. The van der Waals surface area contributed by atoms with Crippen molar-refractivity contribution in [1.29, 1.82) is 0 Å². The fourth-order valence-electron chi connectivity index (χ4n) is 6.24. The minimum Gasteiger partial charge on any atom is -0.398 e. The van der Waals surface area contributed by atoms with Gasteiger partial charge in [-0.2, -0.15) is 8.42 Å². The molecule has 13 heteroatoms. The number of rotatable bonds is 4. The van der Waals surface area contributed by atoms with Crippen LogP contribution in [0.4, 0.5) is 22.7 Å². The summed E-state index contributed by atoms with van der Waals surface area (Å²) >= 11 is 0. The summed E-state index contributed by atoms with van der Waals surface area (Å²) < 4.78 is 31.6. The van der Waals surface area contributed by atoms with Gasteiger partial charge in [0.25, 0.3) is 0 Å². The van der Waals surface area contributed by atoms with Gasteiger partial charge in [0.15, 0.2) is 0 Å². The van der Waals surface area contributed by atoms with Gasteiger partial charge < -0.3 is 21.3 Å². The van der Waals surface area contributed by atoms with Crippen LogP contribution in [0.25, 0.3) is 66.4 Å². The molecule has 55 heavy (non-hydrogen) atoms. The normalized spacial score (nSPS) is 11.2. The van der Waals surface area contributed by atoms with Crippen molar-refractivity contribution in [3.05, 3.63) is 120 Å². The van der Waals surface area contributed by atoms with Gasteiger partial charge in [-0.3, -0.25) is 9.11 Å². The number of anilines is 4. The Morgan fingerprint density at radius 3 is 1.13 bits per heavy atom. The first-order valence-electron chi connectivity index (χ1n) is 17.3. The van der Waals surface area contributed by atoms with E-state index in [0.717, 1.165) is 100 Å². The van der Waals surface area contributed by atoms with Crippen LogP contribution in [0.15, 0.2) is 109 Å². The maximum atomic E-state index is 8.74. The summed E-state index contributed by atoms with van der Waals surface area (Å²) in [6, 6.07) is 36.9. The van der Waals surface area contributed by atoms with Gasteiger partial charge in [0.1, 0.15) is 11.0 Å². The number of hydrogen-bond acceptors (Lipinski definition) is 10. The molecule has 0 fully saturated rings. The van der Waals surface area contributed by atoms with Gasteiger partial charge in [0.05, 0.1) is 44.5 Å². The minimum atomic E-state index is -4.67. The Morgan fingerprint density at radius 1 is 0.491 bits per heavy atom. The lowest BCUT2D eigenvalue weighted by atomic mass is 10.0. The maximum Gasteiger partial charge on any atom is 0.394 e. The van der Waals surface area contributed by atoms with Gasteiger partial charge in [-0.15, -0.1) is 0 Å². The molecule has 0 atom stereocenters. The average molecular weight is 755 g/mol. The van der Waals surface area contributed by atoms with E-state index in [1.807, 2.05) is 103 Å². The lowest BCUT2D eigenvalue weighted by Gasteiger charge is -2.17. The van der Waals surface area contributed by atoms with E-state index in [1.165, 1.54) is 0 Å². The molecule has 0 saturated carbocycles. The molecule has 2 heterocycles. The predicted molar refractivity (Wildman–Crippen MR) is 226 cm³/mol. The van der Waals surface area contributed by atoms with Crippen LogP contribution < -0.4 is 21.3 Å². The maximum absolute atomic E-state index is 8.74. The molecule has 6 aromatic carbocycles. The Morgan fingerprint density at radius 2 is 0.800 bits per heavy atom. The van der Waals surface area contributed by atoms with E-state index in [2.05, 4.69) is 58.3 Å². The van der Waals surface area contributed by atoms with Crippen molar-refractivity contribution < 1.29 is 17.5 Å². The number of aromatic nitrogens is 4. The molecule has 280 valence electrons. The van der Waals surface area contributed by atoms with Gasteiger partial charge in [-0.1, -0.05) is 60.7 Å². The van der Waals surface area contributed by atoms with Gasteiger partial charge in [0, 0.05) is 50.7 Å². The van der Waals surface area contributed by atoms with Gasteiger partial charge in [0.2, 0.25) is 0 Å². The molecule has 0 bridgehead atoms. The highest BCUT2D eigenvalue weighted by atomic mass is 32.3. The van der Waals surface area contributed by atoms with Gasteiger partial charge in [-0.25, -0.2) is 19.9 Å². The van der Waals surface area contributed by atoms with Crippen LogP contribution in [0.3, 0.4) is 0 Å². The van der Waals surface area contributed by atoms with Crippen molar-refractivity contribution in [2.75, 3.05) is 49.5 Å². The third kappa shape index (κ3) is 8.54. The van der Waals surface area contributed by atoms with Gasteiger partial charge in [-0.05, 0) is 84.6 Å². The molecule has 8 aromatic rings. The summed E-state index contributed by atoms with van der Waals surface area (Å²) in [4.78, 5) is 23.8. The number of benzene rings is 6. The van der Waals surface area contributed by atoms with Crippen molar-refractivity contribution in [1.82, 2.24) is 19.9 Å². The zero-order chi connectivity index (χ0) is 39.6. The second-order valence-electron chi connectivity index (χ2n) is 13.5. The zero-order valence-corrected chi connectivity index (χ0v) is 32.2. The molecular weight excluding hydrogens is 713 g/mol. The Bertz CT molecular complexity index is 2610. The summed E-state index contributed by atoms with van der Waals surface area (Å²) in [5.74, 6) is 0. The second kappa shape index (κ2) is 15.5. The molecular formula is C42H42N8O4S. The van der Waals surface area contributed by atoms with Crippen LogP contribution in [0.1, 0.15) is 11.1 Å². The lowest BCUT2D eigenvalue weighted by molar-refractivity contribution is 0.381. The number of nitrogen functional groups attached to an aromatic ring is 2. The monoisotopic (exact) mass is 754 g/mol. The highest BCUT2D eigenvalue weighted by Gasteiger charge is 2.16. The highest BCUT2D eigenvalue weighted by molar-refractivity contribution is 7.79. The molecule has 0 amide bonds. The molecule has 0 aliphatic carbocycles. The first-order chi connectivity index (χ1) is 26.1. The van der Waals surface area contributed by atoms with E-state index >= 15 is 0 Å². The predicted octanol–water partition coefficient (Wildman–Crippen LogP) is 8.16. The quantitative estimate of drug-likeness (QED) is 0.0769. The van der Waals surface area contributed by atoms with Crippen molar-refractivity contribution in [2.45, 2.75) is 13.8 Å². The number of nitrogens with two attached hydrogens (primary N) is 2. The molecule has 2 aromatic heterocycles. The van der Waals surface area contributed by atoms with Crippen LogP contribution >= 0.6 is 0 Å². The summed E-state index contributed by atoms with van der Waals surface area (Å²) in [6.45, 7) is 3.99. The molecule has 0 unspecified atom stereocenters. The summed E-state index contributed by atoms with van der Waals surface area (Å²) in [7, 11) is 3.41. The molecule has 6 N–H and O–H groups in total. The third-order valence-corrected chi connectivity index (χ3v) is 9.05. The van der Waals surface area contributed by atoms with Crippen molar-refractivity contribution in [3.8, 4) is 22.3 Å². The zero-order valence-electron chi connectivity index (χ0n) is 31.3. The van der Waals surface area contributed by atoms with E-state index in [4.69, 9.17) is 48.9 Å². The Balaban J connectivity index is 0.000000167. The SMILES string of the molecule is Cc1cc2nc3c(-c4ccccc4)ccc(N(C)C)c3nc2cc1N.Cc1cc2nc3c(-c4ccccc4)ccc(N(C)C)c3nc2cc1N.O=S(=O)(O)O. The van der Waals surface area contributed by atoms with Crippen molar-refractivity contribution in [3.63, 3.8) is 0 Å². The average Bonchev–Trinajstić information content (AvgIpc) is 3.13. The fourth-order valence-corrected chi connectivity index (χ4v) is 6.24. The van der Waals surface area contributed by atoms with Gasteiger partial charge >= 0.3 is 10.4 Å². The molecule has 0 radical (unpaired) electrons. The van der Waals surface area contributed by atoms with Crippen molar-refractivity contribution in [2.24, 2.45) is 0 Å². The minimum absolute atomic E-state index is 0.742. The van der Waals surface area contributed by atoms with E-state index in [0.29, 0.717) is 0 Å². The van der Waals surface area contributed by atoms with E-state index < -0.39 is 10.4 Å². The van der Waals surface area contributed by atoms with Crippen LogP contribution in [-0.4, -0.2) is 65.6 Å². The summed E-state index contributed by atoms with van der Waals surface area (Å²) in [5.41, 5.74) is 29.2. The van der Waals surface area contributed by atoms with Crippen molar-refractivity contribution >= 4 is 77.3 Å². The number of fused-ring (bicyclic) bond motifs is 4. The Hall–Kier alpha value is -6.41. The molecule has 12 nitrogen and oxygen atoms in total. The Labute approximate surface area is 319 Å². The third-order valence-electron chi connectivity index (χ3n) is 9.05. The largest absolute Gasteiger partial charge is 0.398 e. The van der Waals surface area contributed by atoms with E-state index in [9.17, 15) is 0 Å². The standard InChI is InChI=1S/2C21H20N4.H2O4S/c2*1-13-11-17-18(12-16(13)22)24-21-19(25(2)3)10-9-15(20(21)23-17)14-7-5-4-6-8-14;1-5(2,3)4/h2*4-12H,22H2,1-3H3;(H2,1,2,3,4). The van der Waals surface area contributed by atoms with Crippen LogP contribution in [0.5, 0.6) is 0 Å². The highest BCUT2D eigenvalue weighted by Crippen LogP contribution is 2.35. The summed E-state index contributed by atoms with van der Waals surface area (Å²) in [6.07, 6.45) is 0. The van der Waals surface area contributed by atoms with Crippen LogP contribution in [-0.2, 0) is 10.4 Å². The van der Waals surface area contributed by atoms with E-state index in [1.54, 1.807) is 0 Å². The second-order valence-corrected chi connectivity index (χ2v) is 14.4. The van der Waals surface area contributed by atoms with Crippen LogP contribution in [0.2, 0.25) is 0 Å². The smallest absolute Gasteiger partial charge is 0.394 e. The molecule has 0 aliphatic rings. The molecule has 0 aliphatic heterocycles. The fraction of sp³-hybridized carbons (Fsp3) is 0.143. The number of hydrogen-bond donors (Lipinski definition) is 4. The molecule has 0 spiro atoms. The first-order valence-corrected chi connectivity index (χ1v) is 18.6. The summed E-state index contributed by atoms with van der Waals surface area (Å²) in [5, 5.41) is 0. The number of aryl methyl sites for hydroxylation is 2. The van der Waals surface area contributed by atoms with E-state index in [-0.39, 0.29) is 0 Å². The number of nitrogens with zero attached hydrogens (tertiary/aromatic N) is 6. The Kier molecular flexibility index (Phi) is 10.8. The molecule has 8 rings (SSSR count).